The van der Waals surface area contributed by atoms with Gasteiger partial charge in [-0.15, -0.1) is 0 Å². The van der Waals surface area contributed by atoms with Crippen LogP contribution in [0.2, 0.25) is 0 Å². The highest BCUT2D eigenvalue weighted by atomic mass is 15.2. The van der Waals surface area contributed by atoms with Crippen molar-refractivity contribution in [2.24, 2.45) is 0 Å². The number of anilines is 2. The van der Waals surface area contributed by atoms with Crippen LogP contribution in [0, 0.1) is 0 Å². The SMILES string of the molecule is CN1C2CCC1CC(Nc1cccnc1N1CCCC1)C2. The van der Waals surface area contributed by atoms with Gasteiger partial charge in [0.05, 0.1) is 5.69 Å². The molecule has 3 aliphatic heterocycles. The molecular weight excluding hydrogens is 260 g/mol. The largest absolute Gasteiger partial charge is 0.379 e. The number of piperidine rings is 1. The summed E-state index contributed by atoms with van der Waals surface area (Å²) in [7, 11) is 2.30. The molecule has 4 heteroatoms. The molecule has 3 aliphatic rings. The molecule has 2 atom stereocenters. The Labute approximate surface area is 127 Å². The van der Waals surface area contributed by atoms with Gasteiger partial charge in [0.15, 0.2) is 5.82 Å². The highest BCUT2D eigenvalue weighted by Gasteiger charge is 2.38. The van der Waals surface area contributed by atoms with E-state index in [1.165, 1.54) is 50.0 Å². The Bertz CT molecular complexity index is 483. The summed E-state index contributed by atoms with van der Waals surface area (Å²) in [5.41, 5.74) is 1.24. The van der Waals surface area contributed by atoms with Gasteiger partial charge in [-0.3, -0.25) is 0 Å². The van der Waals surface area contributed by atoms with Crippen LogP contribution in [0.1, 0.15) is 38.5 Å². The summed E-state index contributed by atoms with van der Waals surface area (Å²) in [5, 5.41) is 3.82. The molecule has 4 rings (SSSR count). The molecule has 0 amide bonds. The van der Waals surface area contributed by atoms with E-state index in [1.807, 2.05) is 6.20 Å². The maximum absolute atomic E-state index is 4.65. The van der Waals surface area contributed by atoms with Crippen molar-refractivity contribution in [3.63, 3.8) is 0 Å². The van der Waals surface area contributed by atoms with E-state index in [4.69, 9.17) is 0 Å². The number of fused-ring (bicyclic) bond motifs is 2. The second-order valence-electron chi connectivity index (χ2n) is 6.93. The van der Waals surface area contributed by atoms with E-state index in [0.29, 0.717) is 6.04 Å². The van der Waals surface area contributed by atoms with E-state index in [2.05, 4.69) is 39.3 Å². The van der Waals surface area contributed by atoms with Crippen molar-refractivity contribution in [1.29, 1.82) is 0 Å². The highest BCUT2D eigenvalue weighted by Crippen LogP contribution is 2.36. The van der Waals surface area contributed by atoms with Crippen LogP contribution < -0.4 is 10.2 Å². The minimum Gasteiger partial charge on any atom is -0.379 e. The molecular formula is C17H26N4. The van der Waals surface area contributed by atoms with Gasteiger partial charge in [0.25, 0.3) is 0 Å². The lowest BCUT2D eigenvalue weighted by Crippen LogP contribution is -2.44. The first-order valence-electron chi connectivity index (χ1n) is 8.49. The normalized spacial score (nSPS) is 32.6. The van der Waals surface area contributed by atoms with Crippen molar-refractivity contribution in [2.45, 2.75) is 56.7 Å². The first kappa shape index (κ1) is 13.4. The summed E-state index contributed by atoms with van der Waals surface area (Å²) in [6.07, 6.45) is 9.85. The standard InChI is InChI=1S/C17H26N4/c1-20-14-6-7-15(20)12-13(11-14)19-16-5-4-8-18-17(16)21-9-2-3-10-21/h4-5,8,13-15,19H,2-3,6-7,9-12H2,1H3. The number of hydrogen-bond donors (Lipinski definition) is 1. The predicted molar refractivity (Wildman–Crippen MR) is 86.9 cm³/mol. The van der Waals surface area contributed by atoms with E-state index < -0.39 is 0 Å². The molecule has 114 valence electrons. The van der Waals surface area contributed by atoms with E-state index in [9.17, 15) is 0 Å². The topological polar surface area (TPSA) is 31.4 Å². The zero-order valence-electron chi connectivity index (χ0n) is 13.0. The Hall–Kier alpha value is -1.29. The van der Waals surface area contributed by atoms with Crippen LogP contribution in [0.15, 0.2) is 18.3 Å². The molecule has 0 aromatic carbocycles. The fourth-order valence-electron chi connectivity index (χ4n) is 4.44. The third-order valence-corrected chi connectivity index (χ3v) is 5.65. The zero-order valence-corrected chi connectivity index (χ0v) is 13.0. The van der Waals surface area contributed by atoms with Crippen LogP contribution in [0.25, 0.3) is 0 Å². The van der Waals surface area contributed by atoms with Gasteiger partial charge in [0.1, 0.15) is 0 Å². The summed E-state index contributed by atoms with van der Waals surface area (Å²) in [6.45, 7) is 2.31. The number of pyridine rings is 1. The van der Waals surface area contributed by atoms with Crippen molar-refractivity contribution in [3.8, 4) is 0 Å². The first-order valence-corrected chi connectivity index (χ1v) is 8.49. The molecule has 2 bridgehead atoms. The summed E-state index contributed by atoms with van der Waals surface area (Å²) in [6, 6.07) is 6.46. The maximum atomic E-state index is 4.65. The lowest BCUT2D eigenvalue weighted by molar-refractivity contribution is 0.169. The Morgan fingerprint density at radius 1 is 1.14 bits per heavy atom. The second-order valence-corrected chi connectivity index (χ2v) is 6.93. The second kappa shape index (κ2) is 5.48. The van der Waals surface area contributed by atoms with Gasteiger partial charge >= 0.3 is 0 Å². The van der Waals surface area contributed by atoms with Crippen molar-refractivity contribution in [1.82, 2.24) is 9.88 Å². The summed E-state index contributed by atoms with van der Waals surface area (Å²) in [4.78, 5) is 9.68. The quantitative estimate of drug-likeness (QED) is 0.926. The van der Waals surface area contributed by atoms with Gasteiger partial charge in [-0.1, -0.05) is 0 Å². The molecule has 3 fully saturated rings. The van der Waals surface area contributed by atoms with Crippen LogP contribution >= 0.6 is 0 Å². The third-order valence-electron chi connectivity index (χ3n) is 5.65. The highest BCUT2D eigenvalue weighted by molar-refractivity contribution is 5.66. The molecule has 4 heterocycles. The Balaban J connectivity index is 1.50. The molecule has 1 aromatic heterocycles. The summed E-state index contributed by atoms with van der Waals surface area (Å²) < 4.78 is 0. The van der Waals surface area contributed by atoms with Crippen molar-refractivity contribution >= 4 is 11.5 Å². The molecule has 1 aromatic rings. The fraction of sp³-hybridized carbons (Fsp3) is 0.706. The van der Waals surface area contributed by atoms with Gasteiger partial charge in [0, 0.05) is 37.4 Å². The molecule has 3 saturated heterocycles. The number of aromatic nitrogens is 1. The van der Waals surface area contributed by atoms with E-state index in [0.717, 1.165) is 25.2 Å². The lowest BCUT2D eigenvalue weighted by atomic mass is 9.98. The van der Waals surface area contributed by atoms with Gasteiger partial charge in [-0.05, 0) is 57.7 Å². The minimum absolute atomic E-state index is 0.615. The van der Waals surface area contributed by atoms with Crippen molar-refractivity contribution < 1.29 is 0 Å². The van der Waals surface area contributed by atoms with E-state index in [1.54, 1.807) is 0 Å². The number of nitrogens with zero attached hydrogens (tertiary/aromatic N) is 3. The van der Waals surface area contributed by atoms with E-state index >= 15 is 0 Å². The van der Waals surface area contributed by atoms with Crippen molar-refractivity contribution in [3.05, 3.63) is 18.3 Å². The smallest absolute Gasteiger partial charge is 0.151 e. The average molecular weight is 286 g/mol. The van der Waals surface area contributed by atoms with Crippen LogP contribution in [-0.2, 0) is 0 Å². The number of hydrogen-bond acceptors (Lipinski definition) is 4. The van der Waals surface area contributed by atoms with E-state index in [-0.39, 0.29) is 0 Å². The summed E-state index contributed by atoms with van der Waals surface area (Å²) in [5.74, 6) is 1.17. The van der Waals surface area contributed by atoms with Crippen LogP contribution in [-0.4, -0.2) is 48.1 Å². The minimum atomic E-state index is 0.615. The van der Waals surface area contributed by atoms with Crippen LogP contribution in [0.5, 0.6) is 0 Å². The zero-order chi connectivity index (χ0) is 14.2. The first-order chi connectivity index (χ1) is 10.3. The lowest BCUT2D eigenvalue weighted by Gasteiger charge is -2.37. The Morgan fingerprint density at radius 3 is 2.57 bits per heavy atom. The van der Waals surface area contributed by atoms with Gasteiger partial charge in [-0.2, -0.15) is 0 Å². The number of nitrogens with one attached hydrogen (secondary N) is 1. The molecule has 2 unspecified atom stereocenters. The molecule has 21 heavy (non-hydrogen) atoms. The molecule has 0 spiro atoms. The van der Waals surface area contributed by atoms with Crippen LogP contribution in [0.3, 0.4) is 0 Å². The fourth-order valence-corrected chi connectivity index (χ4v) is 4.44. The molecule has 0 saturated carbocycles. The monoisotopic (exact) mass is 286 g/mol. The number of rotatable bonds is 3. The van der Waals surface area contributed by atoms with Gasteiger partial charge < -0.3 is 15.1 Å². The summed E-state index contributed by atoms with van der Waals surface area (Å²) >= 11 is 0. The van der Waals surface area contributed by atoms with Crippen molar-refractivity contribution in [2.75, 3.05) is 30.4 Å². The Morgan fingerprint density at radius 2 is 1.86 bits per heavy atom. The molecule has 4 nitrogen and oxygen atoms in total. The Kier molecular flexibility index (Phi) is 3.49. The molecule has 0 radical (unpaired) electrons. The van der Waals surface area contributed by atoms with Gasteiger partial charge in [0.2, 0.25) is 0 Å². The van der Waals surface area contributed by atoms with Crippen LogP contribution in [0.4, 0.5) is 11.5 Å². The molecule has 0 aliphatic carbocycles. The average Bonchev–Trinajstić information content (AvgIpc) is 3.08. The maximum Gasteiger partial charge on any atom is 0.151 e. The third kappa shape index (κ3) is 2.50. The molecule has 1 N–H and O–H groups in total. The predicted octanol–water partition coefficient (Wildman–Crippen LogP) is 2.72. The van der Waals surface area contributed by atoms with Gasteiger partial charge in [-0.25, -0.2) is 4.98 Å².